The monoisotopic (exact) mass is 299 g/mol. The second-order valence-corrected chi connectivity index (χ2v) is 5.35. The van der Waals surface area contributed by atoms with E-state index in [-0.39, 0.29) is 5.78 Å². The Balaban J connectivity index is 2.05. The maximum Gasteiger partial charge on any atom is 0.176 e. The van der Waals surface area contributed by atoms with E-state index in [0.717, 1.165) is 11.1 Å². The van der Waals surface area contributed by atoms with Gasteiger partial charge >= 0.3 is 0 Å². The summed E-state index contributed by atoms with van der Waals surface area (Å²) < 4.78 is 0. The highest BCUT2D eigenvalue weighted by Crippen LogP contribution is 2.25. The third-order valence-corrected chi connectivity index (χ3v) is 3.83. The van der Waals surface area contributed by atoms with E-state index in [9.17, 15) is 4.79 Å². The van der Waals surface area contributed by atoms with Gasteiger partial charge in [-0.15, -0.1) is 0 Å². The molecular weight excluding hydrogens is 282 g/mol. The molecule has 0 aliphatic heterocycles. The maximum absolute atomic E-state index is 13.0. The minimum absolute atomic E-state index is 0.0503. The summed E-state index contributed by atoms with van der Waals surface area (Å²) in [5.74, 6) is -0.647. The molecule has 0 saturated carbocycles. The van der Waals surface area contributed by atoms with Crippen molar-refractivity contribution in [2.75, 3.05) is 0 Å². The standard InChI is InChI=1S/C21H17NO/c22-20(17-12-6-2-7-13-17)19(16-10-4-1-5-11-16)21(23)18-14-8-3-9-15-18/h1-15,19,22H. The van der Waals surface area contributed by atoms with Gasteiger partial charge < -0.3 is 5.41 Å². The molecule has 2 heteroatoms. The molecule has 23 heavy (non-hydrogen) atoms. The molecule has 0 saturated heterocycles. The number of rotatable bonds is 5. The topological polar surface area (TPSA) is 40.9 Å². The van der Waals surface area contributed by atoms with Gasteiger partial charge in [0.25, 0.3) is 0 Å². The van der Waals surface area contributed by atoms with E-state index in [1.54, 1.807) is 12.1 Å². The normalized spacial score (nSPS) is 11.7. The molecule has 0 aliphatic rings. The van der Waals surface area contributed by atoms with Crippen LogP contribution in [0.4, 0.5) is 0 Å². The zero-order valence-electron chi connectivity index (χ0n) is 12.6. The van der Waals surface area contributed by atoms with Gasteiger partial charge in [-0.05, 0) is 11.1 Å². The lowest BCUT2D eigenvalue weighted by Gasteiger charge is -2.18. The quantitative estimate of drug-likeness (QED) is 0.537. The lowest BCUT2D eigenvalue weighted by molar-refractivity contribution is 0.0982. The number of hydrogen-bond donors (Lipinski definition) is 1. The first kappa shape index (κ1) is 14.9. The molecule has 3 aromatic rings. The molecular formula is C21H17NO. The third kappa shape index (κ3) is 3.27. The van der Waals surface area contributed by atoms with Crippen LogP contribution in [-0.2, 0) is 0 Å². The molecule has 1 atom stereocenters. The molecule has 3 aromatic carbocycles. The van der Waals surface area contributed by atoms with Crippen LogP contribution in [0.25, 0.3) is 0 Å². The molecule has 1 unspecified atom stereocenters. The van der Waals surface area contributed by atoms with Crippen LogP contribution in [-0.4, -0.2) is 11.5 Å². The molecule has 0 bridgehead atoms. The number of nitrogens with one attached hydrogen (secondary N) is 1. The van der Waals surface area contributed by atoms with E-state index in [2.05, 4.69) is 0 Å². The largest absolute Gasteiger partial charge is 0.304 e. The second kappa shape index (κ2) is 6.84. The highest BCUT2D eigenvalue weighted by Gasteiger charge is 2.27. The molecule has 0 aliphatic carbocycles. The van der Waals surface area contributed by atoms with Crippen LogP contribution in [0.5, 0.6) is 0 Å². The molecule has 112 valence electrons. The fourth-order valence-corrected chi connectivity index (χ4v) is 2.65. The van der Waals surface area contributed by atoms with Crippen LogP contribution < -0.4 is 0 Å². The maximum atomic E-state index is 13.0. The lowest BCUT2D eigenvalue weighted by Crippen LogP contribution is -2.22. The van der Waals surface area contributed by atoms with Gasteiger partial charge in [-0.25, -0.2) is 0 Å². The molecule has 2 nitrogen and oxygen atoms in total. The Morgan fingerprint density at radius 2 is 1.09 bits per heavy atom. The van der Waals surface area contributed by atoms with Crippen LogP contribution in [0.3, 0.4) is 0 Å². The number of Topliss-reactive ketones (excluding diaryl/α,β-unsaturated/α-hetero) is 1. The Morgan fingerprint density at radius 1 is 0.652 bits per heavy atom. The molecule has 3 rings (SSSR count). The van der Waals surface area contributed by atoms with E-state index in [1.165, 1.54) is 0 Å². The van der Waals surface area contributed by atoms with Crippen LogP contribution in [0.15, 0.2) is 91.0 Å². The van der Waals surface area contributed by atoms with E-state index < -0.39 is 5.92 Å². The van der Waals surface area contributed by atoms with E-state index in [1.807, 2.05) is 78.9 Å². The second-order valence-electron chi connectivity index (χ2n) is 5.35. The van der Waals surface area contributed by atoms with E-state index in [4.69, 9.17) is 5.41 Å². The van der Waals surface area contributed by atoms with Crippen LogP contribution in [0, 0.1) is 5.41 Å². The van der Waals surface area contributed by atoms with Crippen molar-refractivity contribution in [3.63, 3.8) is 0 Å². The molecule has 1 N–H and O–H groups in total. The van der Waals surface area contributed by atoms with Crippen LogP contribution in [0.2, 0.25) is 0 Å². The predicted molar refractivity (Wildman–Crippen MR) is 93.2 cm³/mol. The Bertz CT molecular complexity index is 744. The van der Waals surface area contributed by atoms with E-state index >= 15 is 0 Å². The summed E-state index contributed by atoms with van der Waals surface area (Å²) in [5.41, 5.74) is 2.56. The van der Waals surface area contributed by atoms with Gasteiger partial charge in [-0.3, -0.25) is 4.79 Å². The van der Waals surface area contributed by atoms with Gasteiger partial charge in [0.2, 0.25) is 0 Å². The average Bonchev–Trinajstić information content (AvgIpc) is 2.64. The van der Waals surface area contributed by atoms with E-state index in [0.29, 0.717) is 11.3 Å². The summed E-state index contributed by atoms with van der Waals surface area (Å²) in [6.07, 6.45) is 0. The first-order valence-electron chi connectivity index (χ1n) is 7.55. The first-order chi connectivity index (χ1) is 11.3. The SMILES string of the molecule is N=C(c1ccccc1)C(C(=O)c1ccccc1)c1ccccc1. The minimum atomic E-state index is -0.596. The van der Waals surface area contributed by atoms with Gasteiger partial charge in [0.05, 0.1) is 11.6 Å². The number of carbonyl (C=O) groups excluding carboxylic acids is 1. The van der Waals surface area contributed by atoms with Crippen molar-refractivity contribution in [1.82, 2.24) is 0 Å². The van der Waals surface area contributed by atoms with Gasteiger partial charge in [0, 0.05) is 5.56 Å². The highest BCUT2D eigenvalue weighted by molar-refractivity contribution is 6.21. The van der Waals surface area contributed by atoms with Crippen molar-refractivity contribution in [3.8, 4) is 0 Å². The van der Waals surface area contributed by atoms with Crippen molar-refractivity contribution in [1.29, 1.82) is 5.41 Å². The number of hydrogen-bond acceptors (Lipinski definition) is 2. The highest BCUT2D eigenvalue weighted by atomic mass is 16.1. The van der Waals surface area contributed by atoms with Gasteiger partial charge in [-0.2, -0.15) is 0 Å². The van der Waals surface area contributed by atoms with Crippen molar-refractivity contribution < 1.29 is 4.79 Å². The molecule has 0 spiro atoms. The van der Waals surface area contributed by atoms with Crippen LogP contribution >= 0.6 is 0 Å². The lowest BCUT2D eigenvalue weighted by atomic mass is 9.84. The summed E-state index contributed by atoms with van der Waals surface area (Å²) in [5, 5.41) is 8.58. The molecule has 0 radical (unpaired) electrons. The number of ketones is 1. The zero-order valence-corrected chi connectivity index (χ0v) is 12.6. The predicted octanol–water partition coefficient (Wildman–Crippen LogP) is 4.72. The summed E-state index contributed by atoms with van der Waals surface area (Å²) in [7, 11) is 0. The molecule has 0 amide bonds. The Morgan fingerprint density at radius 3 is 1.61 bits per heavy atom. The van der Waals surface area contributed by atoms with Gasteiger partial charge in [0.1, 0.15) is 0 Å². The fraction of sp³-hybridized carbons (Fsp3) is 0.0476. The zero-order chi connectivity index (χ0) is 16.1. The molecule has 0 heterocycles. The summed E-state index contributed by atoms with van der Waals surface area (Å²) >= 11 is 0. The van der Waals surface area contributed by atoms with Crippen molar-refractivity contribution in [3.05, 3.63) is 108 Å². The number of carbonyl (C=O) groups is 1. The summed E-state index contributed by atoms with van der Waals surface area (Å²) in [6.45, 7) is 0. The van der Waals surface area contributed by atoms with Crippen molar-refractivity contribution in [2.24, 2.45) is 0 Å². The minimum Gasteiger partial charge on any atom is -0.304 e. The number of benzene rings is 3. The summed E-state index contributed by atoms with van der Waals surface area (Å²) in [4.78, 5) is 13.0. The van der Waals surface area contributed by atoms with Crippen molar-refractivity contribution in [2.45, 2.75) is 5.92 Å². The van der Waals surface area contributed by atoms with Gasteiger partial charge in [0.15, 0.2) is 5.78 Å². The summed E-state index contributed by atoms with van der Waals surface area (Å²) in [6, 6.07) is 28.1. The average molecular weight is 299 g/mol. The first-order valence-corrected chi connectivity index (χ1v) is 7.55. The Hall–Kier alpha value is -3.00. The molecule has 0 fully saturated rings. The Labute approximate surface area is 135 Å². The van der Waals surface area contributed by atoms with Crippen molar-refractivity contribution >= 4 is 11.5 Å². The third-order valence-electron chi connectivity index (χ3n) is 3.83. The fourth-order valence-electron chi connectivity index (χ4n) is 2.65. The van der Waals surface area contributed by atoms with Gasteiger partial charge in [-0.1, -0.05) is 91.0 Å². The van der Waals surface area contributed by atoms with Crippen LogP contribution in [0.1, 0.15) is 27.4 Å². The Kier molecular flexibility index (Phi) is 4.44. The smallest absolute Gasteiger partial charge is 0.176 e. The molecule has 0 aromatic heterocycles.